The number of halogens is 3. The number of hydrogen-bond donors (Lipinski definition) is 1. The van der Waals surface area contributed by atoms with Crippen LogP contribution < -0.4 is 5.32 Å². The summed E-state index contributed by atoms with van der Waals surface area (Å²) in [6.45, 7) is 2.78. The van der Waals surface area contributed by atoms with Crippen LogP contribution in [0.15, 0.2) is 33.4 Å². The van der Waals surface area contributed by atoms with E-state index in [0.29, 0.717) is 10.9 Å². The Bertz CT molecular complexity index is 549. The van der Waals surface area contributed by atoms with E-state index in [4.69, 9.17) is 0 Å². The second kappa shape index (κ2) is 8.01. The second-order valence-corrected chi connectivity index (χ2v) is 6.66. The SMILES string of the molecule is CCCNC(CCc1ccsc1)c1c(F)cc(Br)cc1F. The summed E-state index contributed by atoms with van der Waals surface area (Å²) in [6.07, 6.45) is 2.40. The maximum absolute atomic E-state index is 14.1. The molecule has 0 saturated heterocycles. The van der Waals surface area contributed by atoms with E-state index in [-0.39, 0.29) is 11.6 Å². The molecule has 2 rings (SSSR count). The van der Waals surface area contributed by atoms with E-state index in [1.807, 2.05) is 12.3 Å². The van der Waals surface area contributed by atoms with Gasteiger partial charge in [-0.2, -0.15) is 11.3 Å². The molecule has 1 atom stereocenters. The molecule has 1 aromatic heterocycles. The first-order chi connectivity index (χ1) is 10.1. The molecule has 0 fully saturated rings. The van der Waals surface area contributed by atoms with Crippen molar-refractivity contribution >= 4 is 27.3 Å². The Hall–Kier alpha value is -0.780. The van der Waals surface area contributed by atoms with E-state index in [1.54, 1.807) is 11.3 Å². The fourth-order valence-corrected chi connectivity index (χ4v) is 3.40. The molecule has 1 heterocycles. The molecule has 0 saturated carbocycles. The Kier molecular flexibility index (Phi) is 6.33. The van der Waals surface area contributed by atoms with Gasteiger partial charge in [0.1, 0.15) is 11.6 Å². The number of aryl methyl sites for hydroxylation is 1. The maximum atomic E-state index is 14.1. The molecule has 0 radical (unpaired) electrons. The van der Waals surface area contributed by atoms with E-state index in [9.17, 15) is 8.78 Å². The second-order valence-electron chi connectivity index (χ2n) is 4.96. The van der Waals surface area contributed by atoms with Crippen molar-refractivity contribution in [1.29, 1.82) is 0 Å². The van der Waals surface area contributed by atoms with Gasteiger partial charge in [0.25, 0.3) is 0 Å². The lowest BCUT2D eigenvalue weighted by Crippen LogP contribution is -2.24. The molecule has 2 aromatic rings. The van der Waals surface area contributed by atoms with Crippen LogP contribution in [0.25, 0.3) is 0 Å². The highest BCUT2D eigenvalue weighted by Gasteiger charge is 2.20. The molecule has 21 heavy (non-hydrogen) atoms. The van der Waals surface area contributed by atoms with Gasteiger partial charge in [0, 0.05) is 16.1 Å². The largest absolute Gasteiger partial charge is 0.310 e. The van der Waals surface area contributed by atoms with Gasteiger partial charge >= 0.3 is 0 Å². The van der Waals surface area contributed by atoms with Gasteiger partial charge in [-0.05, 0) is 60.3 Å². The highest BCUT2D eigenvalue weighted by molar-refractivity contribution is 9.10. The van der Waals surface area contributed by atoms with Crippen LogP contribution >= 0.6 is 27.3 Å². The minimum Gasteiger partial charge on any atom is -0.310 e. The first kappa shape index (κ1) is 16.6. The molecule has 5 heteroatoms. The first-order valence-corrected chi connectivity index (χ1v) is 8.74. The predicted molar refractivity (Wildman–Crippen MR) is 87.7 cm³/mol. The summed E-state index contributed by atoms with van der Waals surface area (Å²) in [5.41, 5.74) is 1.35. The third-order valence-electron chi connectivity index (χ3n) is 3.33. The molecule has 1 unspecified atom stereocenters. The molecule has 0 spiro atoms. The monoisotopic (exact) mass is 373 g/mol. The summed E-state index contributed by atoms with van der Waals surface area (Å²) in [5, 5.41) is 7.35. The fourth-order valence-electron chi connectivity index (χ4n) is 2.30. The number of hydrogen-bond acceptors (Lipinski definition) is 2. The van der Waals surface area contributed by atoms with Crippen molar-refractivity contribution in [3.05, 3.63) is 56.2 Å². The first-order valence-electron chi connectivity index (χ1n) is 7.00. The molecule has 1 N–H and O–H groups in total. The van der Waals surface area contributed by atoms with E-state index in [1.165, 1.54) is 17.7 Å². The van der Waals surface area contributed by atoms with Crippen LogP contribution in [-0.2, 0) is 6.42 Å². The Morgan fingerprint density at radius 1 is 1.29 bits per heavy atom. The van der Waals surface area contributed by atoms with Gasteiger partial charge < -0.3 is 5.32 Å². The van der Waals surface area contributed by atoms with Crippen molar-refractivity contribution in [2.45, 2.75) is 32.2 Å². The highest BCUT2D eigenvalue weighted by Crippen LogP contribution is 2.28. The Morgan fingerprint density at radius 3 is 2.57 bits per heavy atom. The maximum Gasteiger partial charge on any atom is 0.132 e. The van der Waals surface area contributed by atoms with Gasteiger partial charge in [0.2, 0.25) is 0 Å². The normalized spacial score (nSPS) is 12.6. The summed E-state index contributed by atoms with van der Waals surface area (Å²) >= 11 is 4.76. The zero-order valence-electron chi connectivity index (χ0n) is 11.8. The van der Waals surface area contributed by atoms with Gasteiger partial charge in [-0.15, -0.1) is 0 Å². The molecular formula is C16H18BrF2NS. The lowest BCUT2D eigenvalue weighted by molar-refractivity contribution is 0.446. The Balaban J connectivity index is 2.18. The smallest absolute Gasteiger partial charge is 0.132 e. The fraction of sp³-hybridized carbons (Fsp3) is 0.375. The average molecular weight is 374 g/mol. The minimum absolute atomic E-state index is 0.141. The van der Waals surface area contributed by atoms with Crippen LogP contribution in [0.5, 0.6) is 0 Å². The molecule has 1 aromatic carbocycles. The number of rotatable bonds is 7. The van der Waals surface area contributed by atoms with E-state index in [0.717, 1.165) is 19.4 Å². The van der Waals surface area contributed by atoms with Crippen LogP contribution in [-0.4, -0.2) is 6.54 Å². The van der Waals surface area contributed by atoms with Gasteiger partial charge in [-0.25, -0.2) is 8.78 Å². The van der Waals surface area contributed by atoms with Gasteiger partial charge in [0.05, 0.1) is 0 Å². The van der Waals surface area contributed by atoms with Gasteiger partial charge in [-0.1, -0.05) is 22.9 Å². The quantitative estimate of drug-likeness (QED) is 0.678. The van der Waals surface area contributed by atoms with Gasteiger partial charge in [-0.3, -0.25) is 0 Å². The van der Waals surface area contributed by atoms with Crippen LogP contribution in [0.3, 0.4) is 0 Å². The molecule has 0 aliphatic heterocycles. The summed E-state index contributed by atoms with van der Waals surface area (Å²) in [5.74, 6) is -0.999. The van der Waals surface area contributed by atoms with Crippen molar-refractivity contribution in [2.75, 3.05) is 6.54 Å². The highest BCUT2D eigenvalue weighted by atomic mass is 79.9. The number of benzene rings is 1. The van der Waals surface area contributed by atoms with Crippen molar-refractivity contribution in [3.63, 3.8) is 0 Å². The van der Waals surface area contributed by atoms with Crippen molar-refractivity contribution in [1.82, 2.24) is 5.32 Å². The van der Waals surface area contributed by atoms with Crippen LogP contribution in [0.1, 0.15) is 36.9 Å². The van der Waals surface area contributed by atoms with Gasteiger partial charge in [0.15, 0.2) is 0 Å². The van der Waals surface area contributed by atoms with E-state index < -0.39 is 11.6 Å². The Morgan fingerprint density at radius 2 is 2.00 bits per heavy atom. The molecular weight excluding hydrogens is 356 g/mol. The summed E-state index contributed by atoms with van der Waals surface area (Å²) in [7, 11) is 0. The van der Waals surface area contributed by atoms with Crippen molar-refractivity contribution in [2.24, 2.45) is 0 Å². The summed E-state index contributed by atoms with van der Waals surface area (Å²) < 4.78 is 28.7. The number of nitrogens with one attached hydrogen (secondary N) is 1. The predicted octanol–water partition coefficient (Wildman–Crippen LogP) is 5.46. The molecule has 0 aliphatic rings. The van der Waals surface area contributed by atoms with Crippen LogP contribution in [0.4, 0.5) is 8.78 Å². The number of thiophene rings is 1. The molecule has 114 valence electrons. The zero-order chi connectivity index (χ0) is 15.2. The lowest BCUT2D eigenvalue weighted by atomic mass is 9.98. The standard InChI is InChI=1S/C16H18BrF2NS/c1-2-6-20-15(4-3-11-5-7-21-10-11)16-13(18)8-12(17)9-14(16)19/h5,7-10,15,20H,2-4,6H2,1H3. The summed E-state index contributed by atoms with van der Waals surface area (Å²) in [4.78, 5) is 0. The molecule has 0 bridgehead atoms. The van der Waals surface area contributed by atoms with Crippen molar-refractivity contribution < 1.29 is 8.78 Å². The summed E-state index contributed by atoms with van der Waals surface area (Å²) in [6, 6.07) is 4.39. The van der Waals surface area contributed by atoms with Crippen LogP contribution in [0, 0.1) is 11.6 Å². The average Bonchev–Trinajstić information content (AvgIpc) is 2.93. The van der Waals surface area contributed by atoms with E-state index in [2.05, 4.69) is 32.7 Å². The molecule has 0 amide bonds. The third-order valence-corrected chi connectivity index (χ3v) is 4.52. The minimum atomic E-state index is -0.499. The Labute approximate surface area is 136 Å². The zero-order valence-corrected chi connectivity index (χ0v) is 14.2. The lowest BCUT2D eigenvalue weighted by Gasteiger charge is -2.20. The van der Waals surface area contributed by atoms with E-state index >= 15 is 0 Å². The van der Waals surface area contributed by atoms with Crippen LogP contribution in [0.2, 0.25) is 0 Å². The topological polar surface area (TPSA) is 12.0 Å². The molecule has 1 nitrogen and oxygen atoms in total. The van der Waals surface area contributed by atoms with Crippen molar-refractivity contribution in [3.8, 4) is 0 Å². The third kappa shape index (κ3) is 4.59. The molecule has 0 aliphatic carbocycles.